The Labute approximate surface area is 226 Å². The van der Waals surface area contributed by atoms with Crippen LogP contribution in [0.1, 0.15) is 43.0 Å². The lowest BCUT2D eigenvalue weighted by molar-refractivity contribution is -0.154. The molecule has 0 bridgehead atoms. The van der Waals surface area contributed by atoms with Gasteiger partial charge in [0.15, 0.2) is 0 Å². The molecule has 1 amide bonds. The quantitative estimate of drug-likeness (QED) is 0.192. The predicted molar refractivity (Wildman–Crippen MR) is 148 cm³/mol. The van der Waals surface area contributed by atoms with Crippen molar-refractivity contribution < 1.29 is 14.7 Å². The van der Waals surface area contributed by atoms with Gasteiger partial charge in [-0.05, 0) is 68.0 Å². The molecular weight excluding hydrogens is 510 g/mol. The summed E-state index contributed by atoms with van der Waals surface area (Å²) in [7, 11) is 0. The molecule has 0 saturated carbocycles. The number of likely N-dealkylation sites (tertiary alicyclic amines) is 1. The van der Waals surface area contributed by atoms with E-state index in [-0.39, 0.29) is 25.5 Å². The molecule has 4 rings (SSSR count). The van der Waals surface area contributed by atoms with Crippen LogP contribution in [0, 0.1) is 5.41 Å². The molecule has 3 N–H and O–H groups in total. The molecule has 2 saturated heterocycles. The molecule has 1 atom stereocenters. The van der Waals surface area contributed by atoms with Gasteiger partial charge in [0.1, 0.15) is 11.9 Å². The van der Waals surface area contributed by atoms with Gasteiger partial charge in [0.05, 0.1) is 11.6 Å². The van der Waals surface area contributed by atoms with E-state index in [4.69, 9.17) is 17.0 Å². The van der Waals surface area contributed by atoms with Crippen molar-refractivity contribution in [1.82, 2.24) is 19.1 Å². The number of nitrogens with one attached hydrogen (secondary N) is 2. The lowest BCUT2D eigenvalue weighted by Crippen LogP contribution is -2.57. The summed E-state index contributed by atoms with van der Waals surface area (Å²) in [5, 5.41) is 19.8. The zero-order valence-corrected chi connectivity index (χ0v) is 22.4. The highest BCUT2D eigenvalue weighted by Gasteiger charge is 2.37. The van der Waals surface area contributed by atoms with Crippen molar-refractivity contribution in [3.8, 4) is 0 Å². The fraction of sp³-hybridized carbons (Fsp3) is 0.370. The van der Waals surface area contributed by atoms with Crippen molar-refractivity contribution in [3.05, 3.63) is 70.4 Å². The summed E-state index contributed by atoms with van der Waals surface area (Å²) in [6.07, 6.45) is 8.86. The Kier molecular flexibility index (Phi) is 9.13. The van der Waals surface area contributed by atoms with Crippen LogP contribution in [0.2, 0.25) is 0 Å². The van der Waals surface area contributed by atoms with Crippen LogP contribution >= 0.6 is 23.5 Å². The SMILES string of the molecule is C/C=C(Cl)\C=C/c1ccc(SN2CC(=O)N(Cc3ccc(C(=N)N4CCCCC4)cc3)C(C(=O)O)C2)[nH]1. The number of benzene rings is 1. The van der Waals surface area contributed by atoms with Crippen molar-refractivity contribution in [2.45, 2.75) is 43.8 Å². The minimum absolute atomic E-state index is 0.112. The van der Waals surface area contributed by atoms with Crippen LogP contribution in [-0.4, -0.2) is 74.1 Å². The number of aromatic nitrogens is 1. The number of piperazine rings is 1. The molecule has 0 radical (unpaired) electrons. The fourth-order valence-corrected chi connectivity index (χ4v) is 5.49. The molecule has 1 unspecified atom stereocenters. The molecule has 1 aromatic heterocycles. The summed E-state index contributed by atoms with van der Waals surface area (Å²) >= 11 is 7.34. The zero-order chi connectivity index (χ0) is 26.4. The maximum absolute atomic E-state index is 13.0. The summed E-state index contributed by atoms with van der Waals surface area (Å²) < 4.78 is 1.78. The molecule has 2 aliphatic rings. The monoisotopic (exact) mass is 541 g/mol. The number of aromatic amines is 1. The Bertz CT molecular complexity index is 1190. The summed E-state index contributed by atoms with van der Waals surface area (Å²) in [6.45, 7) is 4.20. The molecule has 8 nitrogen and oxygen atoms in total. The molecule has 3 heterocycles. The number of amidine groups is 1. The third-order valence-corrected chi connectivity index (χ3v) is 7.84. The van der Waals surface area contributed by atoms with Gasteiger partial charge in [0.25, 0.3) is 0 Å². The van der Waals surface area contributed by atoms with Gasteiger partial charge in [-0.3, -0.25) is 10.2 Å². The van der Waals surface area contributed by atoms with E-state index in [1.54, 1.807) is 16.5 Å². The Hall–Kier alpha value is -3.01. The Morgan fingerprint density at radius 3 is 2.59 bits per heavy atom. The second-order valence-corrected chi connectivity index (χ2v) is 10.7. The Morgan fingerprint density at radius 2 is 1.92 bits per heavy atom. The third kappa shape index (κ3) is 7.06. The summed E-state index contributed by atoms with van der Waals surface area (Å²) in [5.41, 5.74) is 2.54. The lowest BCUT2D eigenvalue weighted by atomic mass is 10.1. The van der Waals surface area contributed by atoms with Gasteiger partial charge >= 0.3 is 5.97 Å². The van der Waals surface area contributed by atoms with Gasteiger partial charge in [0.2, 0.25) is 5.91 Å². The number of aliphatic carboxylic acids is 1. The van der Waals surface area contributed by atoms with Crippen LogP contribution in [-0.2, 0) is 16.1 Å². The number of rotatable bonds is 8. The minimum Gasteiger partial charge on any atom is -0.480 e. The Morgan fingerprint density at radius 1 is 1.19 bits per heavy atom. The largest absolute Gasteiger partial charge is 0.480 e. The van der Waals surface area contributed by atoms with Crippen LogP contribution in [0.5, 0.6) is 0 Å². The number of carbonyl (C=O) groups is 2. The van der Waals surface area contributed by atoms with Gasteiger partial charge < -0.3 is 19.9 Å². The molecule has 196 valence electrons. The average Bonchev–Trinajstić information content (AvgIpc) is 3.36. The predicted octanol–water partition coefficient (Wildman–Crippen LogP) is 4.79. The van der Waals surface area contributed by atoms with E-state index < -0.39 is 12.0 Å². The molecule has 2 aliphatic heterocycles. The second kappa shape index (κ2) is 12.5. The highest BCUT2D eigenvalue weighted by molar-refractivity contribution is 7.97. The Balaban J connectivity index is 1.38. The van der Waals surface area contributed by atoms with E-state index >= 15 is 0 Å². The number of carboxylic acids is 1. The second-order valence-electron chi connectivity index (χ2n) is 9.17. The number of nitrogens with zero attached hydrogens (tertiary/aromatic N) is 3. The van der Waals surface area contributed by atoms with E-state index in [2.05, 4.69) is 9.88 Å². The number of hydrogen-bond donors (Lipinski definition) is 3. The van der Waals surface area contributed by atoms with Crippen LogP contribution in [0.3, 0.4) is 0 Å². The number of halogens is 1. The number of carboxylic acid groups (broad SMARTS) is 1. The van der Waals surface area contributed by atoms with Crippen molar-refractivity contribution in [3.63, 3.8) is 0 Å². The van der Waals surface area contributed by atoms with Gasteiger partial charge in [-0.15, -0.1) is 0 Å². The number of piperidine rings is 1. The normalized spacial score (nSPS) is 19.6. The third-order valence-electron chi connectivity index (χ3n) is 6.53. The fourth-order valence-electron chi connectivity index (χ4n) is 4.46. The van der Waals surface area contributed by atoms with E-state index in [0.717, 1.165) is 47.8 Å². The summed E-state index contributed by atoms with van der Waals surface area (Å²) in [6, 6.07) is 10.4. The standard InChI is InChI=1S/C27H32ClN5O3S/c1-2-21(28)10-11-22-12-13-24(30-22)37-32-17-23(27(35)36)33(25(34)18-32)16-19-6-8-20(9-7-19)26(29)31-14-4-3-5-15-31/h2,6-13,23,29-30H,3-5,14-18H2,1H3,(H,35,36)/b11-10-,21-2+,29-26?. The first-order valence-corrected chi connectivity index (χ1v) is 13.6. The van der Waals surface area contributed by atoms with Crippen LogP contribution in [0.4, 0.5) is 0 Å². The topological polar surface area (TPSA) is 104 Å². The van der Waals surface area contributed by atoms with Crippen molar-refractivity contribution in [2.24, 2.45) is 0 Å². The van der Waals surface area contributed by atoms with Gasteiger partial charge in [0, 0.05) is 42.5 Å². The first-order chi connectivity index (χ1) is 17.8. The number of amides is 1. The molecule has 37 heavy (non-hydrogen) atoms. The van der Waals surface area contributed by atoms with E-state index in [9.17, 15) is 14.7 Å². The van der Waals surface area contributed by atoms with E-state index in [0.29, 0.717) is 10.9 Å². The number of allylic oxidation sites excluding steroid dienone is 3. The van der Waals surface area contributed by atoms with Crippen LogP contribution in [0.15, 0.2) is 58.6 Å². The molecule has 0 spiro atoms. The number of carbonyl (C=O) groups excluding carboxylic acids is 1. The molecule has 2 fully saturated rings. The minimum atomic E-state index is -1.03. The molecule has 0 aliphatic carbocycles. The van der Waals surface area contributed by atoms with Crippen molar-refractivity contribution >= 4 is 47.3 Å². The first-order valence-electron chi connectivity index (χ1n) is 12.4. The van der Waals surface area contributed by atoms with Crippen LogP contribution in [0.25, 0.3) is 6.08 Å². The van der Waals surface area contributed by atoms with Crippen molar-refractivity contribution in [2.75, 3.05) is 26.2 Å². The highest BCUT2D eigenvalue weighted by Crippen LogP contribution is 2.27. The molecule has 2 aromatic rings. The maximum atomic E-state index is 13.0. The summed E-state index contributed by atoms with van der Waals surface area (Å²) in [4.78, 5) is 31.9. The molecule has 10 heteroatoms. The van der Waals surface area contributed by atoms with Gasteiger partial charge in [-0.25, -0.2) is 9.10 Å². The van der Waals surface area contributed by atoms with Crippen molar-refractivity contribution in [1.29, 1.82) is 5.41 Å². The van der Waals surface area contributed by atoms with Crippen LogP contribution < -0.4 is 0 Å². The van der Waals surface area contributed by atoms with E-state index in [1.807, 2.05) is 49.4 Å². The van der Waals surface area contributed by atoms with Gasteiger partial charge in [-0.2, -0.15) is 0 Å². The lowest BCUT2D eigenvalue weighted by Gasteiger charge is -2.38. The van der Waals surface area contributed by atoms with E-state index in [1.165, 1.54) is 23.3 Å². The maximum Gasteiger partial charge on any atom is 0.327 e. The smallest absolute Gasteiger partial charge is 0.327 e. The molecular formula is C27H32ClN5O3S. The highest BCUT2D eigenvalue weighted by atomic mass is 35.5. The zero-order valence-electron chi connectivity index (χ0n) is 20.8. The first kappa shape index (κ1) is 27.0. The summed E-state index contributed by atoms with van der Waals surface area (Å²) in [5.74, 6) is -0.745. The number of hydrogen-bond acceptors (Lipinski definition) is 5. The average molecular weight is 542 g/mol. The number of H-pyrrole nitrogens is 1. The van der Waals surface area contributed by atoms with Gasteiger partial charge in [-0.1, -0.05) is 41.9 Å². The molecule has 1 aromatic carbocycles.